The predicted molar refractivity (Wildman–Crippen MR) is 72.3 cm³/mol. The lowest BCUT2D eigenvalue weighted by Gasteiger charge is -2.03. The molecule has 2 aliphatic rings. The molecule has 1 fully saturated rings. The molecule has 2 aromatic carbocycles. The van der Waals surface area contributed by atoms with Crippen LogP contribution in [0, 0.1) is 11.6 Å². The van der Waals surface area contributed by atoms with Gasteiger partial charge in [0.25, 0.3) is 5.91 Å². The number of nitrogens with one attached hydrogen (secondary N) is 1. The van der Waals surface area contributed by atoms with E-state index in [2.05, 4.69) is 5.32 Å². The number of amides is 1. The van der Waals surface area contributed by atoms with Crippen LogP contribution in [-0.2, 0) is 15.1 Å². The lowest BCUT2D eigenvalue weighted by Crippen LogP contribution is -2.27. The van der Waals surface area contributed by atoms with Crippen LogP contribution in [-0.4, -0.2) is 17.8 Å². The number of carbonyl (C=O) groups excluding carboxylic acids is 2. The molecule has 4 nitrogen and oxygen atoms in total. The smallest absolute Gasteiger partial charge is 0.264 e. The predicted octanol–water partition coefficient (Wildman–Crippen LogP) is 2.39. The Hall–Kier alpha value is -2.60. The number of epoxide rings is 1. The summed E-state index contributed by atoms with van der Waals surface area (Å²) in [6.45, 7) is 0. The normalized spacial score (nSPS) is 25.0. The molecule has 1 N–H and O–H groups in total. The molecule has 0 bridgehead atoms. The number of fused-ring (bicyclic) bond motifs is 2. The molecule has 0 aromatic heterocycles. The molecule has 0 radical (unpaired) electrons. The molecule has 0 unspecified atom stereocenters. The standard InChI is InChI=1S/C16H9F2NO3/c17-9-3-1-8(2-4-9)13(20)14-16(22-14)11-6-5-10(18)7-12(11)19-15(16)21/h1-7,14H,(H,19,21)/t14-,16-/m0/s1. The second-order valence-corrected chi connectivity index (χ2v) is 5.25. The number of halogens is 2. The van der Waals surface area contributed by atoms with Crippen molar-refractivity contribution >= 4 is 17.4 Å². The summed E-state index contributed by atoms with van der Waals surface area (Å²) in [6, 6.07) is 8.84. The van der Waals surface area contributed by atoms with Crippen molar-refractivity contribution in [2.45, 2.75) is 11.7 Å². The zero-order valence-corrected chi connectivity index (χ0v) is 11.1. The first-order chi connectivity index (χ1) is 10.5. The highest BCUT2D eigenvalue weighted by molar-refractivity contribution is 6.15. The van der Waals surface area contributed by atoms with Gasteiger partial charge >= 0.3 is 0 Å². The summed E-state index contributed by atoms with van der Waals surface area (Å²) in [5.41, 5.74) is -0.389. The maximum Gasteiger partial charge on any atom is 0.264 e. The maximum atomic E-state index is 13.2. The zero-order valence-electron chi connectivity index (χ0n) is 11.1. The van der Waals surface area contributed by atoms with Crippen LogP contribution in [0.4, 0.5) is 14.5 Å². The van der Waals surface area contributed by atoms with Crippen molar-refractivity contribution < 1.29 is 23.1 Å². The number of ether oxygens (including phenoxy) is 1. The van der Waals surface area contributed by atoms with Crippen molar-refractivity contribution in [3.63, 3.8) is 0 Å². The van der Waals surface area contributed by atoms with Gasteiger partial charge in [0.05, 0.1) is 5.69 Å². The molecule has 6 heteroatoms. The molecule has 4 rings (SSSR count). The fourth-order valence-corrected chi connectivity index (χ4v) is 2.81. The van der Waals surface area contributed by atoms with Gasteiger partial charge in [-0.1, -0.05) is 6.07 Å². The summed E-state index contributed by atoms with van der Waals surface area (Å²) in [5.74, 6) is -1.85. The minimum absolute atomic E-state index is 0.256. The van der Waals surface area contributed by atoms with Crippen molar-refractivity contribution in [1.29, 1.82) is 0 Å². The summed E-state index contributed by atoms with van der Waals surface area (Å²) in [5, 5.41) is 2.52. The number of ketones is 1. The number of hydrogen-bond acceptors (Lipinski definition) is 3. The van der Waals surface area contributed by atoms with Crippen molar-refractivity contribution in [1.82, 2.24) is 0 Å². The number of rotatable bonds is 2. The van der Waals surface area contributed by atoms with Gasteiger partial charge in [-0.25, -0.2) is 8.78 Å². The van der Waals surface area contributed by atoms with E-state index < -0.39 is 35.0 Å². The Morgan fingerprint density at radius 1 is 1.09 bits per heavy atom. The van der Waals surface area contributed by atoms with Crippen LogP contribution in [0.15, 0.2) is 42.5 Å². The van der Waals surface area contributed by atoms with E-state index in [1.807, 2.05) is 0 Å². The average molecular weight is 301 g/mol. The number of anilines is 1. The molecule has 22 heavy (non-hydrogen) atoms. The number of benzene rings is 2. The van der Waals surface area contributed by atoms with E-state index in [0.29, 0.717) is 11.3 Å². The van der Waals surface area contributed by atoms with Gasteiger partial charge in [-0.3, -0.25) is 9.59 Å². The van der Waals surface area contributed by atoms with Crippen molar-refractivity contribution in [2.75, 3.05) is 5.32 Å². The van der Waals surface area contributed by atoms with Crippen LogP contribution in [0.3, 0.4) is 0 Å². The average Bonchev–Trinajstić information content (AvgIpc) is 3.17. The second kappa shape index (κ2) is 4.20. The fraction of sp³-hybridized carbons (Fsp3) is 0.125. The third-order valence-corrected chi connectivity index (χ3v) is 3.95. The van der Waals surface area contributed by atoms with Crippen LogP contribution in [0.5, 0.6) is 0 Å². The summed E-state index contributed by atoms with van der Waals surface area (Å²) in [6.07, 6.45) is -0.982. The van der Waals surface area contributed by atoms with Crippen LogP contribution in [0.2, 0.25) is 0 Å². The van der Waals surface area contributed by atoms with E-state index in [0.717, 1.165) is 0 Å². The number of Topliss-reactive ketones (excluding diaryl/α,β-unsaturated/α-hetero) is 1. The highest BCUT2D eigenvalue weighted by atomic mass is 19.1. The monoisotopic (exact) mass is 301 g/mol. The van der Waals surface area contributed by atoms with Gasteiger partial charge in [0, 0.05) is 11.1 Å². The van der Waals surface area contributed by atoms with Gasteiger partial charge in [-0.05, 0) is 36.4 Å². The minimum atomic E-state index is -1.39. The fourth-order valence-electron chi connectivity index (χ4n) is 2.81. The Bertz CT molecular complexity index is 819. The lowest BCUT2D eigenvalue weighted by molar-refractivity contribution is -0.120. The van der Waals surface area contributed by atoms with E-state index in [-0.39, 0.29) is 5.56 Å². The second-order valence-electron chi connectivity index (χ2n) is 5.25. The first kappa shape index (κ1) is 13.1. The highest BCUT2D eigenvalue weighted by Crippen LogP contribution is 2.54. The Kier molecular flexibility index (Phi) is 2.50. The summed E-state index contributed by atoms with van der Waals surface area (Å²) >= 11 is 0. The number of carbonyl (C=O) groups is 2. The van der Waals surface area contributed by atoms with E-state index in [1.165, 1.54) is 42.5 Å². The van der Waals surface area contributed by atoms with Crippen LogP contribution < -0.4 is 5.32 Å². The minimum Gasteiger partial charge on any atom is -0.342 e. The van der Waals surface area contributed by atoms with Crippen molar-refractivity contribution in [3.8, 4) is 0 Å². The molecule has 0 saturated carbocycles. The molecule has 2 atom stereocenters. The van der Waals surface area contributed by atoms with Crippen molar-refractivity contribution in [2.24, 2.45) is 0 Å². The molecule has 1 spiro atoms. The topological polar surface area (TPSA) is 58.7 Å². The first-order valence-corrected chi connectivity index (χ1v) is 6.61. The largest absolute Gasteiger partial charge is 0.342 e. The highest BCUT2D eigenvalue weighted by Gasteiger charge is 2.70. The Morgan fingerprint density at radius 3 is 2.50 bits per heavy atom. The Morgan fingerprint density at radius 2 is 1.77 bits per heavy atom. The van der Waals surface area contributed by atoms with E-state index in [4.69, 9.17) is 4.74 Å². The van der Waals surface area contributed by atoms with E-state index in [9.17, 15) is 18.4 Å². The molecule has 110 valence electrons. The van der Waals surface area contributed by atoms with E-state index >= 15 is 0 Å². The Balaban J connectivity index is 1.70. The third-order valence-electron chi connectivity index (χ3n) is 3.95. The molecule has 1 amide bonds. The van der Waals surface area contributed by atoms with Gasteiger partial charge in [0.15, 0.2) is 11.9 Å². The summed E-state index contributed by atoms with van der Waals surface area (Å²) in [7, 11) is 0. The molecule has 2 aliphatic heterocycles. The van der Waals surface area contributed by atoms with Gasteiger partial charge in [-0.2, -0.15) is 0 Å². The van der Waals surface area contributed by atoms with Gasteiger partial charge in [-0.15, -0.1) is 0 Å². The zero-order chi connectivity index (χ0) is 15.5. The molecular formula is C16H9F2NO3. The maximum absolute atomic E-state index is 13.2. The molecule has 1 saturated heterocycles. The van der Waals surface area contributed by atoms with Gasteiger partial charge in [0.2, 0.25) is 5.60 Å². The molecular weight excluding hydrogens is 292 g/mol. The van der Waals surface area contributed by atoms with Crippen LogP contribution in [0.1, 0.15) is 15.9 Å². The summed E-state index contributed by atoms with van der Waals surface area (Å²) in [4.78, 5) is 24.6. The van der Waals surface area contributed by atoms with Crippen LogP contribution >= 0.6 is 0 Å². The Labute approximate surface area is 123 Å². The van der Waals surface area contributed by atoms with Crippen molar-refractivity contribution in [3.05, 3.63) is 65.2 Å². The quantitative estimate of drug-likeness (QED) is 0.684. The lowest BCUT2D eigenvalue weighted by atomic mass is 9.92. The molecule has 2 aromatic rings. The number of hydrogen-bond donors (Lipinski definition) is 1. The molecule has 0 aliphatic carbocycles. The summed E-state index contributed by atoms with van der Waals surface area (Å²) < 4.78 is 31.6. The first-order valence-electron chi connectivity index (χ1n) is 6.61. The van der Waals surface area contributed by atoms with E-state index in [1.54, 1.807) is 0 Å². The van der Waals surface area contributed by atoms with Crippen LogP contribution in [0.25, 0.3) is 0 Å². The van der Waals surface area contributed by atoms with Gasteiger partial charge < -0.3 is 10.1 Å². The third kappa shape index (κ3) is 1.64. The SMILES string of the molecule is O=C(c1ccc(F)cc1)[C@@H]1O[C@]12C(=O)Nc1cc(F)ccc12. The van der Waals surface area contributed by atoms with Gasteiger partial charge in [0.1, 0.15) is 11.6 Å². The molecule has 2 heterocycles.